The molecule has 0 spiro atoms. The largest absolute Gasteiger partial charge is 0.399 e. The van der Waals surface area contributed by atoms with Crippen LogP contribution in [0.5, 0.6) is 0 Å². The summed E-state index contributed by atoms with van der Waals surface area (Å²) in [6.07, 6.45) is 1.56. The first-order valence-corrected chi connectivity index (χ1v) is 6.36. The van der Waals surface area contributed by atoms with Gasteiger partial charge in [0.2, 0.25) is 5.89 Å². The predicted molar refractivity (Wildman–Crippen MR) is 71.0 cm³/mol. The lowest BCUT2D eigenvalue weighted by atomic mass is 10.2. The van der Waals surface area contributed by atoms with Crippen molar-refractivity contribution < 1.29 is 9.36 Å². The van der Waals surface area contributed by atoms with E-state index in [4.69, 9.17) is 9.36 Å². The lowest BCUT2D eigenvalue weighted by Crippen LogP contribution is -2.19. The minimum Gasteiger partial charge on any atom is -0.399 e. The van der Waals surface area contributed by atoms with Crippen molar-refractivity contribution in [3.63, 3.8) is 0 Å². The molecule has 0 N–H and O–H groups in total. The highest BCUT2D eigenvalue weighted by molar-refractivity contribution is 5.88. The number of hydrogen-bond acceptors (Lipinski definition) is 7. The van der Waals surface area contributed by atoms with Crippen LogP contribution in [0.4, 0.5) is 0 Å². The molecule has 7 nitrogen and oxygen atoms in total. The van der Waals surface area contributed by atoms with Gasteiger partial charge in [0.05, 0.1) is 11.8 Å². The molecule has 0 aliphatic carbocycles. The Morgan fingerprint density at radius 1 is 1.53 bits per heavy atom. The van der Waals surface area contributed by atoms with Gasteiger partial charge in [0.25, 0.3) is 0 Å². The summed E-state index contributed by atoms with van der Waals surface area (Å²) in [7, 11) is 7.64. The maximum atomic E-state index is 5.29. The molecule has 0 radical (unpaired) electrons. The van der Waals surface area contributed by atoms with E-state index in [9.17, 15) is 0 Å². The van der Waals surface area contributed by atoms with E-state index in [-0.39, 0.29) is 6.04 Å². The lowest BCUT2D eigenvalue weighted by Gasteiger charge is -2.13. The van der Waals surface area contributed by atoms with Crippen LogP contribution in [0.2, 0.25) is 0 Å². The normalized spacial score (nSPS) is 22.6. The van der Waals surface area contributed by atoms with Crippen LogP contribution in [0.1, 0.15) is 24.2 Å². The van der Waals surface area contributed by atoms with Gasteiger partial charge < -0.3 is 14.3 Å². The van der Waals surface area contributed by atoms with E-state index in [1.54, 1.807) is 7.11 Å². The van der Waals surface area contributed by atoms with Gasteiger partial charge in [-0.3, -0.25) is 4.90 Å². The monoisotopic (exact) mass is 267 g/mol. The Morgan fingerprint density at radius 3 is 3.00 bits per heavy atom. The van der Waals surface area contributed by atoms with E-state index in [0.717, 1.165) is 37.5 Å². The molecular weight excluding hydrogens is 246 g/mol. The molecule has 7 heteroatoms. The number of likely N-dealkylation sites (N-methyl/N-ethyl adjacent to an activating group) is 1. The molecule has 1 atom stereocenters. The Labute approximate surface area is 113 Å². The molecule has 1 unspecified atom stereocenters. The molecule has 106 valence electrons. The highest BCUT2D eigenvalue weighted by Crippen LogP contribution is 2.27. The maximum Gasteiger partial charge on any atom is 0.227 e. The zero-order valence-electron chi connectivity index (χ0n) is 12.0. The van der Waals surface area contributed by atoms with E-state index in [2.05, 4.69) is 25.1 Å². The van der Waals surface area contributed by atoms with Crippen LogP contribution >= 0.6 is 0 Å². The number of aromatic nitrogens is 2. The second-order valence-corrected chi connectivity index (χ2v) is 5.07. The van der Waals surface area contributed by atoms with E-state index in [1.807, 2.05) is 21.1 Å². The molecule has 19 heavy (non-hydrogen) atoms. The molecule has 2 heterocycles. The van der Waals surface area contributed by atoms with Gasteiger partial charge in [-0.25, -0.2) is 0 Å². The van der Waals surface area contributed by atoms with Crippen LogP contribution in [-0.2, 0) is 11.3 Å². The molecule has 0 bridgehead atoms. The zero-order valence-corrected chi connectivity index (χ0v) is 12.0. The fourth-order valence-electron chi connectivity index (χ4n) is 2.15. The van der Waals surface area contributed by atoms with Crippen molar-refractivity contribution in [2.24, 2.45) is 5.16 Å². The maximum absolute atomic E-state index is 5.29. The standard InChI is InChI=1S/C12H21N5O2/c1-16(2)6-5-11-13-12(15-19-11)10-7-9(14-18-4)8-17(10)3/h10H,5-8H2,1-4H3. The van der Waals surface area contributed by atoms with Gasteiger partial charge in [-0.2, -0.15) is 4.98 Å². The summed E-state index contributed by atoms with van der Waals surface area (Å²) in [6.45, 7) is 1.68. The van der Waals surface area contributed by atoms with Crippen LogP contribution in [0.3, 0.4) is 0 Å². The Hall–Kier alpha value is -1.47. The van der Waals surface area contributed by atoms with Crippen LogP contribution in [0.15, 0.2) is 9.68 Å². The van der Waals surface area contributed by atoms with E-state index >= 15 is 0 Å². The van der Waals surface area contributed by atoms with Gasteiger partial charge in [0, 0.05) is 25.9 Å². The summed E-state index contributed by atoms with van der Waals surface area (Å²) in [4.78, 5) is 13.5. The van der Waals surface area contributed by atoms with Gasteiger partial charge in [-0.15, -0.1) is 0 Å². The van der Waals surface area contributed by atoms with Crippen molar-refractivity contribution in [2.45, 2.75) is 18.9 Å². The van der Waals surface area contributed by atoms with E-state index in [0.29, 0.717) is 5.89 Å². The topological polar surface area (TPSA) is 67.0 Å². The van der Waals surface area contributed by atoms with Crippen molar-refractivity contribution >= 4 is 5.71 Å². The molecule has 0 saturated carbocycles. The molecule has 1 aromatic heterocycles. The van der Waals surface area contributed by atoms with Crippen molar-refractivity contribution in [2.75, 3.05) is 41.3 Å². The SMILES string of the molecule is CON=C1CC(c2noc(CCN(C)C)n2)N(C)C1. The van der Waals surface area contributed by atoms with E-state index < -0.39 is 0 Å². The van der Waals surface area contributed by atoms with Crippen molar-refractivity contribution in [3.05, 3.63) is 11.7 Å². The van der Waals surface area contributed by atoms with Gasteiger partial charge in [-0.1, -0.05) is 10.3 Å². The molecule has 0 aromatic carbocycles. The third kappa shape index (κ3) is 3.51. The molecule has 0 amide bonds. The van der Waals surface area contributed by atoms with Gasteiger partial charge in [0.15, 0.2) is 5.82 Å². The molecule has 1 saturated heterocycles. The Kier molecular flexibility index (Phi) is 4.49. The first-order valence-electron chi connectivity index (χ1n) is 6.36. The summed E-state index contributed by atoms with van der Waals surface area (Å²) >= 11 is 0. The molecular formula is C12H21N5O2. The molecule has 1 fully saturated rings. The first kappa shape index (κ1) is 14.0. The van der Waals surface area contributed by atoms with Crippen molar-refractivity contribution in [1.29, 1.82) is 0 Å². The zero-order chi connectivity index (χ0) is 13.8. The highest BCUT2D eigenvalue weighted by Gasteiger charge is 2.31. The number of oxime groups is 1. The highest BCUT2D eigenvalue weighted by atomic mass is 16.6. The average Bonchev–Trinajstić information content (AvgIpc) is 2.94. The minimum absolute atomic E-state index is 0.130. The average molecular weight is 267 g/mol. The first-order chi connectivity index (χ1) is 9.10. The molecule has 1 aromatic rings. The van der Waals surface area contributed by atoms with Crippen LogP contribution in [0, 0.1) is 0 Å². The molecule has 2 rings (SSSR count). The summed E-state index contributed by atoms with van der Waals surface area (Å²) in [6, 6.07) is 0.130. The van der Waals surface area contributed by atoms with E-state index in [1.165, 1.54) is 0 Å². The number of rotatable bonds is 5. The fourth-order valence-corrected chi connectivity index (χ4v) is 2.15. The smallest absolute Gasteiger partial charge is 0.227 e. The number of nitrogens with zero attached hydrogens (tertiary/aromatic N) is 5. The summed E-state index contributed by atoms with van der Waals surface area (Å²) in [5.41, 5.74) is 1.01. The minimum atomic E-state index is 0.130. The van der Waals surface area contributed by atoms with Gasteiger partial charge in [-0.05, 0) is 21.1 Å². The second-order valence-electron chi connectivity index (χ2n) is 5.07. The lowest BCUT2D eigenvalue weighted by molar-refractivity contribution is 0.212. The summed E-state index contributed by atoms with van der Waals surface area (Å²) in [5, 5.41) is 8.08. The van der Waals surface area contributed by atoms with Gasteiger partial charge >= 0.3 is 0 Å². The molecule has 1 aliphatic heterocycles. The number of likely N-dealkylation sites (tertiary alicyclic amines) is 1. The second kappa shape index (κ2) is 6.12. The molecule has 1 aliphatic rings. The fraction of sp³-hybridized carbons (Fsp3) is 0.750. The predicted octanol–water partition coefficient (Wildman–Crippen LogP) is 0.553. The summed E-state index contributed by atoms with van der Waals surface area (Å²) < 4.78 is 5.29. The number of hydrogen-bond donors (Lipinski definition) is 0. The Morgan fingerprint density at radius 2 is 2.32 bits per heavy atom. The van der Waals surface area contributed by atoms with Crippen molar-refractivity contribution in [1.82, 2.24) is 19.9 Å². The summed E-state index contributed by atoms with van der Waals surface area (Å²) in [5.74, 6) is 1.42. The van der Waals surface area contributed by atoms with Crippen LogP contribution in [-0.4, -0.2) is 67.0 Å². The third-order valence-electron chi connectivity index (χ3n) is 3.17. The Balaban J connectivity index is 2.00. The quantitative estimate of drug-likeness (QED) is 0.726. The van der Waals surface area contributed by atoms with Crippen LogP contribution in [0.25, 0.3) is 0 Å². The third-order valence-corrected chi connectivity index (χ3v) is 3.17. The van der Waals surface area contributed by atoms with Gasteiger partial charge in [0.1, 0.15) is 7.11 Å². The van der Waals surface area contributed by atoms with Crippen molar-refractivity contribution in [3.8, 4) is 0 Å². The van der Waals surface area contributed by atoms with Crippen LogP contribution < -0.4 is 0 Å². The Bertz CT molecular complexity index is 443.